The highest BCUT2D eigenvalue weighted by atomic mass is 35.7. The second-order valence-electron chi connectivity index (χ2n) is 2.67. The Labute approximate surface area is 103 Å². The van der Waals surface area contributed by atoms with E-state index in [4.69, 9.17) is 22.3 Å². The molecule has 1 aromatic rings. The molecular weight excluding hydrogens is 305 g/mol. The van der Waals surface area contributed by atoms with Gasteiger partial charge in [-0.1, -0.05) is 11.6 Å². The van der Waals surface area contributed by atoms with Crippen LogP contribution in [0.5, 0.6) is 0 Å². The number of halogens is 4. The Hall–Kier alpha value is -1.06. The molecule has 1 heterocycles. The molecule has 6 nitrogen and oxygen atoms in total. The average Bonchev–Trinajstić information content (AvgIpc) is 2.14. The number of nitrogens with zero attached hydrogens (tertiary/aromatic N) is 2. The third kappa shape index (κ3) is 2.99. The van der Waals surface area contributed by atoms with Crippen LogP contribution >= 0.6 is 22.3 Å². The summed E-state index contributed by atoms with van der Waals surface area (Å²) in [5.41, 5.74) is -1.31. The van der Waals surface area contributed by atoms with Crippen LogP contribution in [0, 0.1) is 10.1 Å². The standard InChI is InChI=1S/C6H2Cl2F2N2O4S/c7-2-1-3(17(8,15)16)4(5(9)10)11-6(2)12(13)14/h1,5H. The normalized spacial score (nSPS) is 11.8. The summed E-state index contributed by atoms with van der Waals surface area (Å²) < 4.78 is 46.9. The molecular formula is C6H2Cl2F2N2O4S. The number of rotatable bonds is 3. The fraction of sp³-hybridized carbons (Fsp3) is 0.167. The van der Waals surface area contributed by atoms with Gasteiger partial charge in [-0.25, -0.2) is 17.2 Å². The van der Waals surface area contributed by atoms with E-state index in [2.05, 4.69) is 4.98 Å². The van der Waals surface area contributed by atoms with E-state index in [1.54, 1.807) is 0 Å². The minimum Gasteiger partial charge on any atom is -0.358 e. The van der Waals surface area contributed by atoms with Crippen LogP contribution in [0.2, 0.25) is 5.02 Å². The van der Waals surface area contributed by atoms with Crippen LogP contribution in [-0.4, -0.2) is 18.3 Å². The zero-order chi connectivity index (χ0) is 13.4. The number of alkyl halides is 2. The number of hydrogen-bond donors (Lipinski definition) is 0. The Kier molecular flexibility index (Phi) is 3.84. The fourth-order valence-corrected chi connectivity index (χ4v) is 2.25. The summed E-state index contributed by atoms with van der Waals surface area (Å²) in [6, 6.07) is 0.469. The second kappa shape index (κ2) is 4.67. The second-order valence-corrected chi connectivity index (χ2v) is 5.61. The highest BCUT2D eigenvalue weighted by Crippen LogP contribution is 2.33. The van der Waals surface area contributed by atoms with E-state index in [0.717, 1.165) is 0 Å². The molecule has 0 fully saturated rings. The minimum absolute atomic E-state index is 0.469. The minimum atomic E-state index is -4.52. The summed E-state index contributed by atoms with van der Waals surface area (Å²) in [4.78, 5) is 11.1. The van der Waals surface area contributed by atoms with Gasteiger partial charge in [0, 0.05) is 10.7 Å². The Bertz CT molecular complexity index is 578. The number of hydrogen-bond acceptors (Lipinski definition) is 5. The lowest BCUT2D eigenvalue weighted by molar-refractivity contribution is -0.389. The molecule has 1 aromatic heterocycles. The predicted molar refractivity (Wildman–Crippen MR) is 53.9 cm³/mol. The van der Waals surface area contributed by atoms with Crippen molar-refractivity contribution < 1.29 is 22.1 Å². The Balaban J connectivity index is 3.64. The van der Waals surface area contributed by atoms with Crippen molar-refractivity contribution in [2.24, 2.45) is 0 Å². The first-order valence-electron chi connectivity index (χ1n) is 3.72. The molecule has 0 unspecified atom stereocenters. The van der Waals surface area contributed by atoms with E-state index < -0.39 is 41.8 Å². The third-order valence-electron chi connectivity index (χ3n) is 1.59. The maximum absolute atomic E-state index is 12.5. The van der Waals surface area contributed by atoms with Gasteiger partial charge in [0.2, 0.25) is 5.69 Å². The van der Waals surface area contributed by atoms with Crippen molar-refractivity contribution in [3.05, 3.63) is 26.9 Å². The molecule has 0 aromatic carbocycles. The topological polar surface area (TPSA) is 90.2 Å². The van der Waals surface area contributed by atoms with Crippen molar-refractivity contribution in [2.75, 3.05) is 0 Å². The smallest absolute Gasteiger partial charge is 0.358 e. The van der Waals surface area contributed by atoms with Crippen LogP contribution in [0.25, 0.3) is 0 Å². The Morgan fingerprint density at radius 1 is 1.47 bits per heavy atom. The van der Waals surface area contributed by atoms with Crippen molar-refractivity contribution in [1.82, 2.24) is 4.98 Å². The van der Waals surface area contributed by atoms with E-state index in [0.29, 0.717) is 6.07 Å². The number of pyridine rings is 1. The lowest BCUT2D eigenvalue weighted by Gasteiger charge is -2.02. The Morgan fingerprint density at radius 3 is 2.35 bits per heavy atom. The van der Waals surface area contributed by atoms with Gasteiger partial charge < -0.3 is 10.1 Å². The number of nitro groups is 1. The van der Waals surface area contributed by atoms with Crippen molar-refractivity contribution in [3.8, 4) is 0 Å². The van der Waals surface area contributed by atoms with Gasteiger partial charge in [0.25, 0.3) is 9.05 Å². The van der Waals surface area contributed by atoms with Gasteiger partial charge in [-0.3, -0.25) is 0 Å². The first kappa shape index (κ1) is 14.0. The van der Waals surface area contributed by atoms with E-state index in [9.17, 15) is 27.3 Å². The molecule has 0 bridgehead atoms. The van der Waals surface area contributed by atoms with Gasteiger partial charge in [0.05, 0.1) is 0 Å². The van der Waals surface area contributed by atoms with Gasteiger partial charge in [-0.05, 0) is 16.0 Å². The SMILES string of the molecule is O=[N+]([O-])c1nc(C(F)F)c(S(=O)(=O)Cl)cc1Cl. The van der Waals surface area contributed by atoms with Gasteiger partial charge in [-0.15, -0.1) is 0 Å². The van der Waals surface area contributed by atoms with Gasteiger partial charge in [0.15, 0.2) is 0 Å². The zero-order valence-corrected chi connectivity index (χ0v) is 9.93. The summed E-state index contributed by atoms with van der Waals surface area (Å²) >= 11 is 5.33. The maximum atomic E-state index is 12.5. The largest absolute Gasteiger partial charge is 0.382 e. The summed E-state index contributed by atoms with van der Waals surface area (Å²) in [5.74, 6) is -1.06. The first-order valence-corrected chi connectivity index (χ1v) is 6.41. The third-order valence-corrected chi connectivity index (χ3v) is 3.22. The molecule has 0 saturated carbocycles. The molecule has 0 aliphatic heterocycles. The van der Waals surface area contributed by atoms with Crippen molar-refractivity contribution >= 4 is 37.2 Å². The molecule has 0 aliphatic carbocycles. The lowest BCUT2D eigenvalue weighted by Crippen LogP contribution is -2.05. The van der Waals surface area contributed by atoms with Crippen LogP contribution in [0.3, 0.4) is 0 Å². The van der Waals surface area contributed by atoms with Crippen molar-refractivity contribution in [2.45, 2.75) is 11.3 Å². The molecule has 0 atom stereocenters. The number of aromatic nitrogens is 1. The summed E-state index contributed by atoms with van der Waals surface area (Å²) in [6.45, 7) is 0. The van der Waals surface area contributed by atoms with Crippen molar-refractivity contribution in [1.29, 1.82) is 0 Å². The van der Waals surface area contributed by atoms with Crippen LogP contribution in [0.15, 0.2) is 11.0 Å². The monoisotopic (exact) mass is 306 g/mol. The molecule has 0 aliphatic rings. The van der Waals surface area contributed by atoms with Crippen LogP contribution in [-0.2, 0) is 9.05 Å². The highest BCUT2D eigenvalue weighted by molar-refractivity contribution is 8.13. The van der Waals surface area contributed by atoms with Crippen LogP contribution < -0.4 is 0 Å². The highest BCUT2D eigenvalue weighted by Gasteiger charge is 2.32. The van der Waals surface area contributed by atoms with Crippen LogP contribution in [0.1, 0.15) is 12.1 Å². The molecule has 0 spiro atoms. The van der Waals surface area contributed by atoms with Gasteiger partial charge in [0.1, 0.15) is 9.92 Å². The van der Waals surface area contributed by atoms with Crippen molar-refractivity contribution in [3.63, 3.8) is 0 Å². The van der Waals surface area contributed by atoms with E-state index in [1.807, 2.05) is 0 Å². The molecule has 0 radical (unpaired) electrons. The molecule has 17 heavy (non-hydrogen) atoms. The maximum Gasteiger partial charge on any atom is 0.382 e. The van der Waals surface area contributed by atoms with E-state index >= 15 is 0 Å². The zero-order valence-electron chi connectivity index (χ0n) is 7.60. The molecule has 1 rings (SSSR count). The molecule has 94 valence electrons. The molecule has 0 N–H and O–H groups in total. The molecule has 0 amide bonds. The van der Waals surface area contributed by atoms with E-state index in [-0.39, 0.29) is 0 Å². The fourth-order valence-electron chi connectivity index (χ4n) is 0.956. The predicted octanol–water partition coefficient (Wildman–Crippen LogP) is 2.51. The molecule has 11 heteroatoms. The first-order chi connectivity index (χ1) is 7.64. The van der Waals surface area contributed by atoms with Gasteiger partial charge in [-0.2, -0.15) is 0 Å². The van der Waals surface area contributed by atoms with Gasteiger partial charge >= 0.3 is 12.2 Å². The summed E-state index contributed by atoms with van der Waals surface area (Å²) in [7, 11) is 0.361. The Morgan fingerprint density at radius 2 is 2.00 bits per heavy atom. The molecule has 0 saturated heterocycles. The van der Waals surface area contributed by atoms with E-state index in [1.165, 1.54) is 0 Å². The quantitative estimate of drug-likeness (QED) is 0.486. The lowest BCUT2D eigenvalue weighted by atomic mass is 10.3. The summed E-state index contributed by atoms with van der Waals surface area (Å²) in [5, 5.41) is 9.69. The summed E-state index contributed by atoms with van der Waals surface area (Å²) in [6.07, 6.45) is -3.34. The average molecular weight is 307 g/mol. The van der Waals surface area contributed by atoms with Crippen LogP contribution in [0.4, 0.5) is 14.6 Å².